The van der Waals surface area contributed by atoms with Crippen LogP contribution in [0.3, 0.4) is 0 Å². The van der Waals surface area contributed by atoms with Crippen molar-refractivity contribution >= 4 is 16.9 Å². The Bertz CT molecular complexity index is 884. The first-order valence-corrected chi connectivity index (χ1v) is 10.3. The van der Waals surface area contributed by atoms with Gasteiger partial charge in [0.05, 0.1) is 12.7 Å². The van der Waals surface area contributed by atoms with Crippen LogP contribution >= 0.6 is 0 Å². The van der Waals surface area contributed by atoms with Crippen molar-refractivity contribution in [1.29, 1.82) is 0 Å². The molecule has 29 heavy (non-hydrogen) atoms. The van der Waals surface area contributed by atoms with Gasteiger partial charge in [-0.25, -0.2) is 4.79 Å². The Balaban J connectivity index is 1.58. The molecule has 0 bridgehead atoms. The molecule has 0 spiro atoms. The minimum atomic E-state index is -1.19. The second-order valence-corrected chi connectivity index (χ2v) is 7.29. The number of carbonyl (C=O) groups is 1. The van der Waals surface area contributed by atoms with Crippen molar-refractivity contribution in [2.45, 2.75) is 44.9 Å². The maximum atomic E-state index is 11.4. The van der Waals surface area contributed by atoms with E-state index in [4.69, 9.17) is 4.74 Å². The predicted molar refractivity (Wildman–Crippen MR) is 113 cm³/mol. The summed E-state index contributed by atoms with van der Waals surface area (Å²) in [5.41, 5.74) is 3.41. The number of nitrogens with one attached hydrogen (secondary N) is 1. The molecule has 2 unspecified atom stereocenters. The molecule has 0 saturated carbocycles. The predicted octanol–water partition coefficient (Wildman–Crippen LogP) is 2.85. The van der Waals surface area contributed by atoms with Crippen LogP contribution in [0.25, 0.3) is 10.9 Å². The first kappa shape index (κ1) is 21.3. The highest BCUT2D eigenvalue weighted by Crippen LogP contribution is 2.28. The molecule has 1 aromatic carbocycles. The van der Waals surface area contributed by atoms with Gasteiger partial charge in [-0.3, -0.25) is 0 Å². The number of hydrogen-bond acceptors (Lipinski definition) is 5. The summed E-state index contributed by atoms with van der Waals surface area (Å²) in [4.78, 5) is 11.4. The zero-order valence-electron chi connectivity index (χ0n) is 16.9. The van der Waals surface area contributed by atoms with E-state index in [1.165, 1.54) is 5.57 Å². The second kappa shape index (κ2) is 10.4. The molecule has 1 heterocycles. The summed E-state index contributed by atoms with van der Waals surface area (Å²) in [5, 5.41) is 24.4. The summed E-state index contributed by atoms with van der Waals surface area (Å²) in [6, 6.07) is 8.07. The minimum Gasteiger partial charge on any atom is -0.464 e. The first-order chi connectivity index (χ1) is 14.1. The zero-order valence-corrected chi connectivity index (χ0v) is 16.9. The lowest BCUT2D eigenvalue weighted by Crippen LogP contribution is -2.35. The van der Waals surface area contributed by atoms with E-state index in [0.717, 1.165) is 35.9 Å². The molecule has 0 amide bonds. The van der Waals surface area contributed by atoms with Gasteiger partial charge in [-0.15, -0.1) is 0 Å². The van der Waals surface area contributed by atoms with E-state index in [0.29, 0.717) is 13.0 Å². The summed E-state index contributed by atoms with van der Waals surface area (Å²) in [5.74, 6) is -0.629. The van der Waals surface area contributed by atoms with Crippen molar-refractivity contribution in [3.05, 3.63) is 59.8 Å². The maximum Gasteiger partial charge on any atom is 0.336 e. The van der Waals surface area contributed by atoms with Crippen LogP contribution in [0.4, 0.5) is 0 Å². The topological polar surface area (TPSA) is 83.7 Å². The van der Waals surface area contributed by atoms with Gasteiger partial charge >= 0.3 is 5.97 Å². The average Bonchev–Trinajstić information content (AvgIpc) is 3.14. The van der Waals surface area contributed by atoms with Gasteiger partial charge < -0.3 is 24.8 Å². The minimum absolute atomic E-state index is 0.107. The number of allylic oxidation sites excluding steroid dienone is 4. The van der Waals surface area contributed by atoms with Gasteiger partial charge in [0.1, 0.15) is 0 Å². The molecule has 6 nitrogen and oxygen atoms in total. The fourth-order valence-electron chi connectivity index (χ4n) is 3.63. The van der Waals surface area contributed by atoms with Crippen molar-refractivity contribution in [2.24, 2.45) is 0 Å². The zero-order chi connectivity index (χ0) is 20.6. The molecule has 1 aliphatic carbocycles. The lowest BCUT2D eigenvalue weighted by Gasteiger charge is -2.15. The largest absolute Gasteiger partial charge is 0.464 e. The van der Waals surface area contributed by atoms with Crippen LogP contribution in [0.1, 0.15) is 37.9 Å². The normalized spacial score (nSPS) is 15.9. The molecule has 6 heteroatoms. The van der Waals surface area contributed by atoms with E-state index < -0.39 is 18.2 Å². The summed E-state index contributed by atoms with van der Waals surface area (Å²) >= 11 is 0. The summed E-state index contributed by atoms with van der Waals surface area (Å²) in [7, 11) is 0. The van der Waals surface area contributed by atoms with Crippen molar-refractivity contribution in [1.82, 2.24) is 9.88 Å². The molecule has 2 atom stereocenters. The SMILES string of the molecule is CCOC(=O)C(O)CNCCC(O)c1cccc2c1ccn2CC1=CC=CCC1. The number of aliphatic hydroxyl groups excluding tert-OH is 2. The van der Waals surface area contributed by atoms with Crippen molar-refractivity contribution < 1.29 is 19.7 Å². The Morgan fingerprint density at radius 1 is 1.31 bits per heavy atom. The highest BCUT2D eigenvalue weighted by atomic mass is 16.5. The van der Waals surface area contributed by atoms with Crippen LogP contribution in [-0.4, -0.2) is 46.5 Å². The van der Waals surface area contributed by atoms with Crippen molar-refractivity contribution in [3.63, 3.8) is 0 Å². The maximum absolute atomic E-state index is 11.4. The number of aliphatic hydroxyl groups is 2. The fraction of sp³-hybridized carbons (Fsp3) is 0.435. The van der Waals surface area contributed by atoms with Crippen LogP contribution in [0, 0.1) is 0 Å². The number of ether oxygens (including phenoxy) is 1. The van der Waals surface area contributed by atoms with E-state index in [1.54, 1.807) is 6.92 Å². The van der Waals surface area contributed by atoms with Crippen LogP contribution in [-0.2, 0) is 16.1 Å². The van der Waals surface area contributed by atoms with Crippen LogP contribution in [0.15, 0.2) is 54.3 Å². The molecular formula is C23H30N2O4. The molecule has 1 aliphatic rings. The summed E-state index contributed by atoms with van der Waals surface area (Å²) < 4.78 is 6.99. The highest BCUT2D eigenvalue weighted by Gasteiger charge is 2.17. The molecule has 156 valence electrons. The number of hydrogen-bond donors (Lipinski definition) is 3. The quantitative estimate of drug-likeness (QED) is 0.423. The van der Waals surface area contributed by atoms with Gasteiger partial charge in [0, 0.05) is 30.2 Å². The number of nitrogens with zero attached hydrogens (tertiary/aromatic N) is 1. The number of carbonyl (C=O) groups excluding carboxylic acids is 1. The lowest BCUT2D eigenvalue weighted by molar-refractivity contribution is -0.152. The van der Waals surface area contributed by atoms with Gasteiger partial charge in [-0.2, -0.15) is 0 Å². The Kier molecular flexibility index (Phi) is 7.63. The Morgan fingerprint density at radius 2 is 2.17 bits per heavy atom. The van der Waals surface area contributed by atoms with E-state index in [2.05, 4.69) is 46.4 Å². The molecular weight excluding hydrogens is 368 g/mol. The first-order valence-electron chi connectivity index (χ1n) is 10.3. The number of fused-ring (bicyclic) bond motifs is 1. The third kappa shape index (κ3) is 5.56. The van der Waals surface area contributed by atoms with E-state index in [9.17, 15) is 15.0 Å². The third-order valence-electron chi connectivity index (χ3n) is 5.17. The van der Waals surface area contributed by atoms with Crippen LogP contribution < -0.4 is 5.32 Å². The molecule has 0 radical (unpaired) electrons. The number of esters is 1. The van der Waals surface area contributed by atoms with Gasteiger partial charge in [0.15, 0.2) is 6.10 Å². The van der Waals surface area contributed by atoms with E-state index >= 15 is 0 Å². The number of benzene rings is 1. The van der Waals surface area contributed by atoms with E-state index in [1.807, 2.05) is 12.1 Å². The molecule has 3 N–H and O–H groups in total. The number of rotatable bonds is 10. The van der Waals surface area contributed by atoms with Crippen molar-refractivity contribution in [2.75, 3.05) is 19.7 Å². The second-order valence-electron chi connectivity index (χ2n) is 7.29. The molecule has 0 saturated heterocycles. The van der Waals surface area contributed by atoms with Gasteiger partial charge in [0.2, 0.25) is 0 Å². The third-order valence-corrected chi connectivity index (χ3v) is 5.17. The number of aromatic nitrogens is 1. The fourth-order valence-corrected chi connectivity index (χ4v) is 3.63. The van der Waals surface area contributed by atoms with E-state index in [-0.39, 0.29) is 13.2 Å². The monoisotopic (exact) mass is 398 g/mol. The Morgan fingerprint density at radius 3 is 2.93 bits per heavy atom. The van der Waals surface area contributed by atoms with Gasteiger partial charge in [-0.05, 0) is 50.4 Å². The summed E-state index contributed by atoms with van der Waals surface area (Å²) in [6.07, 6.45) is 9.41. The lowest BCUT2D eigenvalue weighted by atomic mass is 10.0. The highest BCUT2D eigenvalue weighted by molar-refractivity contribution is 5.84. The Hall–Kier alpha value is -2.41. The van der Waals surface area contributed by atoms with Crippen molar-refractivity contribution in [3.8, 4) is 0 Å². The van der Waals surface area contributed by atoms with Crippen LogP contribution in [0.2, 0.25) is 0 Å². The Labute approximate surface area is 171 Å². The molecule has 3 rings (SSSR count). The smallest absolute Gasteiger partial charge is 0.336 e. The average molecular weight is 399 g/mol. The molecule has 0 fully saturated rings. The van der Waals surface area contributed by atoms with Crippen LogP contribution in [0.5, 0.6) is 0 Å². The van der Waals surface area contributed by atoms with Gasteiger partial charge in [0.25, 0.3) is 0 Å². The van der Waals surface area contributed by atoms with Gasteiger partial charge in [-0.1, -0.05) is 35.9 Å². The standard InChI is InChI=1S/C23H30N2O4/c1-2-29-23(28)22(27)15-24-13-11-21(26)19-9-6-10-20-18(19)12-14-25(20)16-17-7-4-3-5-8-17/h3-4,6-7,9-10,12,14,21-22,24,26-27H,2,5,8,11,13,15-16H2,1H3. The molecule has 1 aromatic heterocycles. The molecule has 0 aliphatic heterocycles. The molecule has 2 aromatic rings. The summed E-state index contributed by atoms with van der Waals surface area (Å²) in [6.45, 7) is 3.39.